The second-order valence-electron chi connectivity index (χ2n) is 5.47. The number of benzene rings is 2. The van der Waals surface area contributed by atoms with Gasteiger partial charge in [0.25, 0.3) is 0 Å². The van der Waals surface area contributed by atoms with Crippen LogP contribution in [-0.4, -0.2) is 18.0 Å². The first-order valence-electron chi connectivity index (χ1n) is 7.39. The van der Waals surface area contributed by atoms with Crippen molar-refractivity contribution in [3.8, 4) is 11.1 Å². The van der Waals surface area contributed by atoms with Crippen molar-refractivity contribution in [3.05, 3.63) is 65.7 Å². The van der Waals surface area contributed by atoms with Gasteiger partial charge in [0.2, 0.25) is 0 Å². The predicted octanol–water partition coefficient (Wildman–Crippen LogP) is 3.82. The van der Waals surface area contributed by atoms with E-state index in [4.69, 9.17) is 9.47 Å². The molecule has 4 nitrogen and oxygen atoms in total. The summed E-state index contributed by atoms with van der Waals surface area (Å²) in [6.07, 6.45) is 0.982. The van der Waals surface area contributed by atoms with Gasteiger partial charge in [-0.2, -0.15) is 0 Å². The first-order chi connectivity index (χ1) is 11.1. The second-order valence-corrected chi connectivity index (χ2v) is 5.47. The Morgan fingerprint density at radius 2 is 1.48 bits per heavy atom. The molecule has 0 saturated carbocycles. The molecule has 0 N–H and O–H groups in total. The summed E-state index contributed by atoms with van der Waals surface area (Å²) in [5.41, 5.74) is 2.79. The third kappa shape index (κ3) is 3.01. The van der Waals surface area contributed by atoms with Gasteiger partial charge < -0.3 is 9.47 Å². The van der Waals surface area contributed by atoms with Gasteiger partial charge in [0, 0.05) is 5.56 Å². The molecule has 0 spiro atoms. The third-order valence-electron chi connectivity index (χ3n) is 3.43. The highest BCUT2D eigenvalue weighted by atomic mass is 16.6. The van der Waals surface area contributed by atoms with Crippen LogP contribution in [0.4, 0.5) is 0 Å². The van der Waals surface area contributed by atoms with Crippen LogP contribution in [0.5, 0.6) is 0 Å². The SMILES string of the molecule is CC(C)OC(=O)/C=C1\OC(=O)c2ccccc2-c2ccccc21. The van der Waals surface area contributed by atoms with E-state index in [9.17, 15) is 9.59 Å². The van der Waals surface area contributed by atoms with Crippen molar-refractivity contribution in [2.45, 2.75) is 20.0 Å². The van der Waals surface area contributed by atoms with Crippen LogP contribution in [0, 0.1) is 0 Å². The van der Waals surface area contributed by atoms with E-state index in [-0.39, 0.29) is 11.9 Å². The molecular formula is C19H16O4. The van der Waals surface area contributed by atoms with Gasteiger partial charge in [-0.15, -0.1) is 0 Å². The van der Waals surface area contributed by atoms with E-state index in [1.54, 1.807) is 26.0 Å². The van der Waals surface area contributed by atoms with Gasteiger partial charge in [0.15, 0.2) is 0 Å². The molecule has 4 heteroatoms. The average molecular weight is 308 g/mol. The van der Waals surface area contributed by atoms with Crippen LogP contribution in [0.1, 0.15) is 29.8 Å². The molecule has 0 bridgehead atoms. The highest BCUT2D eigenvalue weighted by Gasteiger charge is 2.25. The van der Waals surface area contributed by atoms with Gasteiger partial charge in [-0.05, 0) is 31.0 Å². The Kier molecular flexibility index (Phi) is 3.98. The fourth-order valence-electron chi connectivity index (χ4n) is 2.52. The van der Waals surface area contributed by atoms with Crippen molar-refractivity contribution in [2.24, 2.45) is 0 Å². The highest BCUT2D eigenvalue weighted by molar-refractivity contribution is 6.05. The molecule has 1 heterocycles. The van der Waals surface area contributed by atoms with Crippen LogP contribution in [-0.2, 0) is 14.3 Å². The molecule has 23 heavy (non-hydrogen) atoms. The number of ether oxygens (including phenoxy) is 2. The van der Waals surface area contributed by atoms with Crippen molar-refractivity contribution >= 4 is 17.7 Å². The minimum absolute atomic E-state index is 0.201. The molecule has 1 aliphatic rings. The van der Waals surface area contributed by atoms with E-state index in [1.165, 1.54) is 6.08 Å². The van der Waals surface area contributed by atoms with Crippen LogP contribution >= 0.6 is 0 Å². The lowest BCUT2D eigenvalue weighted by atomic mass is 9.95. The molecule has 0 fully saturated rings. The number of esters is 2. The Morgan fingerprint density at radius 3 is 2.09 bits per heavy atom. The first-order valence-corrected chi connectivity index (χ1v) is 7.39. The topological polar surface area (TPSA) is 52.6 Å². The fraction of sp³-hybridized carbons (Fsp3) is 0.158. The van der Waals surface area contributed by atoms with E-state index in [1.807, 2.05) is 36.4 Å². The lowest BCUT2D eigenvalue weighted by Gasteiger charge is -2.09. The molecule has 3 rings (SSSR count). The van der Waals surface area contributed by atoms with Crippen LogP contribution < -0.4 is 0 Å². The Labute approximate surface area is 134 Å². The molecule has 2 aromatic carbocycles. The fourth-order valence-corrected chi connectivity index (χ4v) is 2.52. The van der Waals surface area contributed by atoms with Crippen LogP contribution in [0.15, 0.2) is 54.6 Å². The molecular weight excluding hydrogens is 292 g/mol. The maximum absolute atomic E-state index is 12.4. The molecule has 0 unspecified atom stereocenters. The van der Waals surface area contributed by atoms with Crippen molar-refractivity contribution in [3.63, 3.8) is 0 Å². The maximum Gasteiger partial charge on any atom is 0.344 e. The van der Waals surface area contributed by atoms with Crippen LogP contribution in [0.2, 0.25) is 0 Å². The summed E-state index contributed by atoms with van der Waals surface area (Å²) in [6.45, 7) is 3.53. The average Bonchev–Trinajstić information content (AvgIpc) is 2.64. The quantitative estimate of drug-likeness (QED) is 0.625. The molecule has 0 aliphatic carbocycles. The normalized spacial score (nSPS) is 14.7. The third-order valence-corrected chi connectivity index (χ3v) is 3.43. The van der Waals surface area contributed by atoms with Gasteiger partial charge in [0.1, 0.15) is 5.76 Å². The van der Waals surface area contributed by atoms with E-state index in [0.717, 1.165) is 11.1 Å². The lowest BCUT2D eigenvalue weighted by molar-refractivity contribution is -0.141. The van der Waals surface area contributed by atoms with Gasteiger partial charge >= 0.3 is 11.9 Å². The molecule has 0 amide bonds. The molecule has 0 aromatic heterocycles. The van der Waals surface area contributed by atoms with Gasteiger partial charge in [0.05, 0.1) is 17.7 Å². The van der Waals surface area contributed by atoms with E-state index >= 15 is 0 Å². The van der Waals surface area contributed by atoms with Gasteiger partial charge in [-0.25, -0.2) is 9.59 Å². The summed E-state index contributed by atoms with van der Waals surface area (Å²) in [5.74, 6) is -0.823. The number of rotatable bonds is 2. The summed E-state index contributed by atoms with van der Waals surface area (Å²) >= 11 is 0. The monoisotopic (exact) mass is 308 g/mol. The minimum Gasteiger partial charge on any atom is -0.460 e. The van der Waals surface area contributed by atoms with Crippen molar-refractivity contribution < 1.29 is 19.1 Å². The summed E-state index contributed by atoms with van der Waals surface area (Å²) in [4.78, 5) is 24.3. The van der Waals surface area contributed by atoms with Gasteiger partial charge in [-0.1, -0.05) is 42.5 Å². The first kappa shape index (κ1) is 15.0. The molecule has 1 aliphatic heterocycles. The second kappa shape index (κ2) is 6.08. The number of fused-ring (bicyclic) bond motifs is 3. The van der Waals surface area contributed by atoms with E-state index in [0.29, 0.717) is 11.1 Å². The maximum atomic E-state index is 12.4. The Morgan fingerprint density at radius 1 is 0.957 bits per heavy atom. The predicted molar refractivity (Wildman–Crippen MR) is 86.5 cm³/mol. The molecule has 2 aromatic rings. The van der Waals surface area contributed by atoms with Crippen molar-refractivity contribution in [2.75, 3.05) is 0 Å². The Bertz CT molecular complexity index is 803. The summed E-state index contributed by atoms with van der Waals surface area (Å²) in [6, 6.07) is 14.7. The van der Waals surface area contributed by atoms with Crippen molar-refractivity contribution in [1.82, 2.24) is 0 Å². The summed E-state index contributed by atoms with van der Waals surface area (Å²) < 4.78 is 10.6. The highest BCUT2D eigenvalue weighted by Crippen LogP contribution is 2.36. The van der Waals surface area contributed by atoms with Crippen molar-refractivity contribution in [1.29, 1.82) is 0 Å². The summed E-state index contributed by atoms with van der Waals surface area (Å²) in [7, 11) is 0. The zero-order valence-corrected chi connectivity index (χ0v) is 12.9. The summed E-state index contributed by atoms with van der Waals surface area (Å²) in [5, 5.41) is 0. The van der Waals surface area contributed by atoms with Crippen LogP contribution in [0.3, 0.4) is 0 Å². The van der Waals surface area contributed by atoms with Gasteiger partial charge in [-0.3, -0.25) is 0 Å². The van der Waals surface area contributed by atoms with Crippen LogP contribution in [0.25, 0.3) is 16.9 Å². The Hall–Kier alpha value is -2.88. The molecule has 0 atom stereocenters. The zero-order chi connectivity index (χ0) is 16.4. The van der Waals surface area contributed by atoms with E-state index in [2.05, 4.69) is 0 Å². The number of hydrogen-bond acceptors (Lipinski definition) is 4. The smallest absolute Gasteiger partial charge is 0.344 e. The number of carbonyl (C=O) groups excluding carboxylic acids is 2. The Balaban J connectivity index is 2.14. The minimum atomic E-state index is -0.538. The van der Waals surface area contributed by atoms with E-state index < -0.39 is 11.9 Å². The number of cyclic esters (lactones) is 1. The standard InChI is InChI=1S/C19H16O4/c1-12(2)22-18(20)11-17-15-9-5-3-7-13(15)14-8-4-6-10-16(14)19(21)23-17/h3-12H,1-2H3/b17-11-. The number of carbonyl (C=O) groups is 2. The molecule has 0 saturated heterocycles. The molecule has 116 valence electrons. The lowest BCUT2D eigenvalue weighted by Crippen LogP contribution is -2.10. The zero-order valence-electron chi connectivity index (χ0n) is 12.9. The number of hydrogen-bond donors (Lipinski definition) is 0. The largest absolute Gasteiger partial charge is 0.460 e. The molecule has 0 radical (unpaired) electrons.